The minimum atomic E-state index is 0.579. The zero-order valence-electron chi connectivity index (χ0n) is 7.57. The van der Waals surface area contributed by atoms with Crippen molar-refractivity contribution < 1.29 is 4.74 Å². The molecule has 2 rings (SSSR count). The zero-order valence-corrected chi connectivity index (χ0v) is 8.39. The van der Waals surface area contributed by atoms with E-state index in [1.807, 2.05) is 24.3 Å². The third-order valence-electron chi connectivity index (χ3n) is 1.87. The summed E-state index contributed by atoms with van der Waals surface area (Å²) in [5.74, 6) is 0.819. The molecule has 74 valence electrons. The zero-order chi connectivity index (χ0) is 9.97. The summed E-state index contributed by atoms with van der Waals surface area (Å²) in [5, 5.41) is 2.30. The first-order valence-electron chi connectivity index (χ1n) is 4.06. The second-order valence-electron chi connectivity index (χ2n) is 2.70. The number of hydrogen-bond donors (Lipinski definition) is 3. The lowest BCUT2D eigenvalue weighted by Gasteiger charge is -2.14. The molecule has 0 radical (unpaired) electrons. The quantitative estimate of drug-likeness (QED) is 0.611. The summed E-state index contributed by atoms with van der Waals surface area (Å²) in [6.07, 6.45) is 0. The topological polar surface area (TPSA) is 48.6 Å². The Morgan fingerprint density at radius 3 is 2.50 bits per heavy atom. The first-order chi connectivity index (χ1) is 6.81. The number of hydrogen-bond acceptors (Lipinski definition) is 4. The van der Waals surface area contributed by atoms with E-state index in [2.05, 4.69) is 16.5 Å². The average molecular weight is 210 g/mol. The molecule has 1 heterocycles. The minimum absolute atomic E-state index is 0.579. The molecule has 6 heteroatoms. The monoisotopic (exact) mass is 210 g/mol. The normalized spacial score (nSPS) is 15.5. The number of anilines is 1. The summed E-state index contributed by atoms with van der Waals surface area (Å²) in [6, 6.07) is 7.56. The van der Waals surface area contributed by atoms with Crippen LogP contribution >= 0.6 is 12.2 Å². The Morgan fingerprint density at radius 1 is 1.29 bits per heavy atom. The number of hydrazine groups is 3. The Kier molecular flexibility index (Phi) is 2.49. The summed E-state index contributed by atoms with van der Waals surface area (Å²) in [5.41, 5.74) is 9.25. The highest BCUT2D eigenvalue weighted by molar-refractivity contribution is 7.80. The lowest BCUT2D eigenvalue weighted by Crippen LogP contribution is -2.37. The van der Waals surface area contributed by atoms with Gasteiger partial charge in [-0.2, -0.15) is 5.53 Å². The molecular formula is C8H10N4OS. The van der Waals surface area contributed by atoms with E-state index in [-0.39, 0.29) is 0 Å². The van der Waals surface area contributed by atoms with Crippen LogP contribution in [0.5, 0.6) is 5.75 Å². The van der Waals surface area contributed by atoms with Crippen LogP contribution in [0.25, 0.3) is 0 Å². The molecule has 14 heavy (non-hydrogen) atoms. The largest absolute Gasteiger partial charge is 0.497 e. The predicted octanol–water partition coefficient (Wildman–Crippen LogP) is 0.314. The molecule has 0 amide bonds. The minimum Gasteiger partial charge on any atom is -0.497 e. The lowest BCUT2D eigenvalue weighted by molar-refractivity contribution is 0.415. The van der Waals surface area contributed by atoms with Gasteiger partial charge in [0.15, 0.2) is 0 Å². The van der Waals surface area contributed by atoms with Gasteiger partial charge in [0.05, 0.1) is 12.8 Å². The summed E-state index contributed by atoms with van der Waals surface area (Å²) < 4.78 is 5.06. The molecule has 5 nitrogen and oxygen atoms in total. The third-order valence-corrected chi connectivity index (χ3v) is 2.16. The molecule has 0 unspecified atom stereocenters. The van der Waals surface area contributed by atoms with Gasteiger partial charge in [-0.25, -0.2) is 5.01 Å². The molecule has 1 aliphatic heterocycles. The van der Waals surface area contributed by atoms with Gasteiger partial charge in [0.2, 0.25) is 5.11 Å². The smallest absolute Gasteiger partial charge is 0.205 e. The van der Waals surface area contributed by atoms with Crippen LogP contribution in [0.4, 0.5) is 5.69 Å². The Hall–Kier alpha value is -1.37. The van der Waals surface area contributed by atoms with E-state index in [1.54, 1.807) is 12.1 Å². The van der Waals surface area contributed by atoms with E-state index in [4.69, 9.17) is 17.0 Å². The molecule has 0 spiro atoms. The maximum Gasteiger partial charge on any atom is 0.205 e. The molecule has 0 saturated carbocycles. The molecule has 1 aliphatic rings. The first kappa shape index (κ1) is 9.20. The van der Waals surface area contributed by atoms with Crippen molar-refractivity contribution in [3.63, 3.8) is 0 Å². The number of rotatable bonds is 2. The van der Waals surface area contributed by atoms with Crippen LogP contribution in [0.2, 0.25) is 0 Å². The highest BCUT2D eigenvalue weighted by Gasteiger charge is 2.16. The number of nitrogens with zero attached hydrogens (tertiary/aromatic N) is 1. The van der Waals surface area contributed by atoms with Gasteiger partial charge in [-0.3, -0.25) is 5.43 Å². The summed E-state index contributed by atoms with van der Waals surface area (Å²) in [6.45, 7) is 0. The summed E-state index contributed by atoms with van der Waals surface area (Å²) in [4.78, 5) is 0. The van der Waals surface area contributed by atoms with Crippen LogP contribution in [-0.4, -0.2) is 12.2 Å². The van der Waals surface area contributed by atoms with E-state index >= 15 is 0 Å². The Labute approximate surface area is 86.9 Å². The van der Waals surface area contributed by atoms with Crippen LogP contribution in [-0.2, 0) is 0 Å². The molecule has 0 aliphatic carbocycles. The number of methoxy groups -OCH3 is 1. The van der Waals surface area contributed by atoms with Crippen LogP contribution in [0.3, 0.4) is 0 Å². The number of thiocarbonyl (C=S) groups is 1. The van der Waals surface area contributed by atoms with E-state index in [0.29, 0.717) is 5.11 Å². The summed E-state index contributed by atoms with van der Waals surface area (Å²) >= 11 is 5.04. The van der Waals surface area contributed by atoms with Crippen molar-refractivity contribution in [2.75, 3.05) is 12.1 Å². The van der Waals surface area contributed by atoms with Gasteiger partial charge in [-0.1, -0.05) is 0 Å². The maximum absolute atomic E-state index is 5.06. The Bertz CT molecular complexity index is 340. The standard InChI is InChI=1S/C8H10N4OS/c1-13-7-4-2-6(3-5-7)12-8(14)9-10-11-12/h2-5,10-11H,1H3,(H,9,14). The molecule has 1 saturated heterocycles. The molecule has 0 atom stereocenters. The first-order valence-corrected chi connectivity index (χ1v) is 4.47. The van der Waals surface area contributed by atoms with E-state index < -0.39 is 0 Å². The van der Waals surface area contributed by atoms with Crippen LogP contribution in [0.1, 0.15) is 0 Å². The van der Waals surface area contributed by atoms with Crippen LogP contribution < -0.4 is 26.2 Å². The fourth-order valence-electron chi connectivity index (χ4n) is 1.16. The molecule has 1 aromatic carbocycles. The van der Waals surface area contributed by atoms with Gasteiger partial charge in [-0.05, 0) is 36.5 Å². The SMILES string of the molecule is COc1ccc(N2NNNC2=S)cc1. The van der Waals surface area contributed by atoms with Gasteiger partial charge in [-0.15, -0.1) is 5.53 Å². The fourth-order valence-corrected chi connectivity index (χ4v) is 1.36. The van der Waals surface area contributed by atoms with Crippen molar-refractivity contribution in [3.8, 4) is 5.75 Å². The van der Waals surface area contributed by atoms with Crippen molar-refractivity contribution in [3.05, 3.63) is 24.3 Å². The Balaban J connectivity index is 2.20. The average Bonchev–Trinajstić information content (AvgIpc) is 2.65. The van der Waals surface area contributed by atoms with Crippen LogP contribution in [0.15, 0.2) is 24.3 Å². The predicted molar refractivity (Wildman–Crippen MR) is 57.5 cm³/mol. The van der Waals surface area contributed by atoms with Crippen molar-refractivity contribution >= 4 is 23.0 Å². The van der Waals surface area contributed by atoms with Crippen molar-refractivity contribution in [1.82, 2.24) is 16.5 Å². The van der Waals surface area contributed by atoms with E-state index in [0.717, 1.165) is 11.4 Å². The molecule has 0 bridgehead atoms. The van der Waals surface area contributed by atoms with Crippen molar-refractivity contribution in [2.24, 2.45) is 0 Å². The van der Waals surface area contributed by atoms with E-state index in [1.165, 1.54) is 0 Å². The van der Waals surface area contributed by atoms with Crippen molar-refractivity contribution in [2.45, 2.75) is 0 Å². The number of benzene rings is 1. The third kappa shape index (κ3) is 1.63. The molecule has 0 aromatic heterocycles. The van der Waals surface area contributed by atoms with Gasteiger partial charge in [0, 0.05) is 0 Å². The fraction of sp³-hybridized carbons (Fsp3) is 0.125. The second-order valence-corrected chi connectivity index (χ2v) is 3.09. The molecular weight excluding hydrogens is 200 g/mol. The summed E-state index contributed by atoms with van der Waals surface area (Å²) in [7, 11) is 1.64. The Morgan fingerprint density at radius 2 is 2.00 bits per heavy atom. The van der Waals surface area contributed by atoms with Crippen LogP contribution in [0, 0.1) is 0 Å². The highest BCUT2D eigenvalue weighted by atomic mass is 32.1. The number of ether oxygens (including phenoxy) is 1. The van der Waals surface area contributed by atoms with Gasteiger partial charge < -0.3 is 4.74 Å². The van der Waals surface area contributed by atoms with E-state index in [9.17, 15) is 0 Å². The number of nitrogens with one attached hydrogen (secondary N) is 3. The second kappa shape index (κ2) is 3.79. The highest BCUT2D eigenvalue weighted by Crippen LogP contribution is 2.18. The molecule has 1 fully saturated rings. The van der Waals surface area contributed by atoms with Gasteiger partial charge in [0.1, 0.15) is 5.75 Å². The molecule has 3 N–H and O–H groups in total. The van der Waals surface area contributed by atoms with Gasteiger partial charge >= 0.3 is 0 Å². The maximum atomic E-state index is 5.06. The molecule has 1 aromatic rings. The lowest BCUT2D eigenvalue weighted by atomic mass is 10.3. The van der Waals surface area contributed by atoms with Gasteiger partial charge in [0.25, 0.3) is 0 Å². The van der Waals surface area contributed by atoms with Crippen molar-refractivity contribution in [1.29, 1.82) is 0 Å².